The van der Waals surface area contributed by atoms with Gasteiger partial charge in [-0.1, -0.05) is 170 Å². The minimum absolute atomic E-state index is 0.769. The molecule has 0 saturated heterocycles. The van der Waals surface area contributed by atoms with Crippen molar-refractivity contribution in [3.8, 4) is 89.8 Å². The summed E-state index contributed by atoms with van der Waals surface area (Å²) in [7, 11) is 0. The second kappa shape index (κ2) is 16.6. The van der Waals surface area contributed by atoms with Crippen LogP contribution in [0.1, 0.15) is 0 Å². The van der Waals surface area contributed by atoms with Crippen molar-refractivity contribution in [2.45, 2.75) is 0 Å². The van der Waals surface area contributed by atoms with Crippen molar-refractivity contribution in [3.63, 3.8) is 0 Å². The standard InChI is InChI=1S/C60H40N6/c1-5-21-41(22-6-1)45-29-13-15-31-47(45)49-37-61-39-51(59-63-53-33-17-19-35-55(53)65(59)43-25-9-3-10-26-43)57(49)58-50(48-32-16-14-30-46(48)42-23-7-2-8-24-42)38-62-40-52(58)60-64-54-34-18-20-36-56(54)66(60)44-27-11-4-12-28-44/h1-40H. The summed E-state index contributed by atoms with van der Waals surface area (Å²) >= 11 is 0. The molecule has 0 saturated carbocycles. The fraction of sp³-hybridized carbons (Fsp3) is 0. The number of para-hydroxylation sites is 6. The molecule has 0 N–H and O–H groups in total. The number of nitrogens with zero attached hydrogens (tertiary/aromatic N) is 6. The molecular formula is C60H40N6. The average molecular weight is 845 g/mol. The number of aromatic nitrogens is 6. The van der Waals surface area contributed by atoms with Gasteiger partial charge in [0.25, 0.3) is 0 Å². The van der Waals surface area contributed by atoms with Gasteiger partial charge in [0.15, 0.2) is 0 Å². The summed E-state index contributed by atoms with van der Waals surface area (Å²) in [6, 6.07) is 76.1. The smallest absolute Gasteiger partial charge is 0.147 e. The molecule has 66 heavy (non-hydrogen) atoms. The monoisotopic (exact) mass is 844 g/mol. The fourth-order valence-electron chi connectivity index (χ4n) is 9.47. The van der Waals surface area contributed by atoms with Gasteiger partial charge in [0, 0.05) is 69.5 Å². The molecule has 0 aliphatic rings. The van der Waals surface area contributed by atoms with Crippen LogP contribution in [0.25, 0.3) is 112 Å². The molecule has 0 fully saturated rings. The second-order valence-electron chi connectivity index (χ2n) is 16.2. The lowest BCUT2D eigenvalue weighted by Crippen LogP contribution is -2.05. The number of fused-ring (bicyclic) bond motifs is 2. The Kier molecular flexibility index (Phi) is 9.73. The maximum atomic E-state index is 5.52. The zero-order valence-electron chi connectivity index (χ0n) is 35.8. The highest BCUT2D eigenvalue weighted by atomic mass is 15.1. The summed E-state index contributed by atoms with van der Waals surface area (Å²) in [5.74, 6) is 1.54. The van der Waals surface area contributed by atoms with E-state index in [-0.39, 0.29) is 0 Å². The van der Waals surface area contributed by atoms with E-state index in [1.807, 2.05) is 36.9 Å². The van der Waals surface area contributed by atoms with E-state index >= 15 is 0 Å². The van der Waals surface area contributed by atoms with Gasteiger partial charge in [-0.3, -0.25) is 19.1 Å². The Morgan fingerprint density at radius 1 is 0.258 bits per heavy atom. The van der Waals surface area contributed by atoms with Gasteiger partial charge in [-0.2, -0.15) is 0 Å². The molecule has 0 amide bonds. The maximum absolute atomic E-state index is 5.52. The highest BCUT2D eigenvalue weighted by molar-refractivity contribution is 6.07. The molecule has 6 heteroatoms. The second-order valence-corrected chi connectivity index (χ2v) is 16.2. The molecule has 0 radical (unpaired) electrons. The molecule has 8 aromatic carbocycles. The SMILES string of the molecule is c1ccc(-c2ccccc2-c2cncc(-c3nc4ccccc4n3-c3ccccc3)c2-c2c(-c3ccccc3-c3ccccc3)cncc2-c2nc3ccccc3n2-c2ccccc2)cc1. The van der Waals surface area contributed by atoms with E-state index in [1.165, 1.54) is 0 Å². The summed E-state index contributed by atoms with van der Waals surface area (Å²) in [4.78, 5) is 21.3. The number of benzene rings is 8. The van der Waals surface area contributed by atoms with Crippen LogP contribution in [0.5, 0.6) is 0 Å². The predicted octanol–water partition coefficient (Wildman–Crippen LogP) is 14.8. The Bertz CT molecular complexity index is 3440. The van der Waals surface area contributed by atoms with Crippen LogP contribution in [0.2, 0.25) is 0 Å². The molecule has 0 aliphatic heterocycles. The van der Waals surface area contributed by atoms with Crippen LogP contribution in [0.3, 0.4) is 0 Å². The molecule has 6 nitrogen and oxygen atoms in total. The molecule has 0 atom stereocenters. The highest BCUT2D eigenvalue weighted by Crippen LogP contribution is 2.51. The molecule has 0 aliphatic carbocycles. The van der Waals surface area contributed by atoms with Gasteiger partial charge >= 0.3 is 0 Å². The first kappa shape index (κ1) is 38.7. The molecule has 4 heterocycles. The van der Waals surface area contributed by atoms with E-state index in [2.05, 4.69) is 215 Å². The van der Waals surface area contributed by atoms with Crippen LogP contribution in [-0.4, -0.2) is 29.1 Å². The number of hydrogen-bond donors (Lipinski definition) is 0. The summed E-state index contributed by atoms with van der Waals surface area (Å²) in [5, 5.41) is 0. The third kappa shape index (κ3) is 6.68. The zero-order chi connectivity index (χ0) is 43.8. The van der Waals surface area contributed by atoms with E-state index in [4.69, 9.17) is 19.9 Å². The Morgan fingerprint density at radius 3 is 0.985 bits per heavy atom. The summed E-state index contributed by atoms with van der Waals surface area (Å²) in [5.41, 5.74) is 17.8. The first-order chi connectivity index (χ1) is 32.8. The lowest BCUT2D eigenvalue weighted by atomic mass is 9.82. The average Bonchev–Trinajstić information content (AvgIpc) is 3.99. The lowest BCUT2D eigenvalue weighted by molar-refractivity contribution is 1.09. The Labute approximate surface area is 382 Å². The Hall–Kier alpha value is -9.00. The van der Waals surface area contributed by atoms with Gasteiger partial charge < -0.3 is 0 Å². The predicted molar refractivity (Wildman–Crippen MR) is 269 cm³/mol. The van der Waals surface area contributed by atoms with Crippen LogP contribution in [0, 0.1) is 0 Å². The van der Waals surface area contributed by atoms with Crippen molar-refractivity contribution in [1.82, 2.24) is 29.1 Å². The van der Waals surface area contributed by atoms with E-state index < -0.39 is 0 Å². The minimum Gasteiger partial charge on any atom is -0.292 e. The van der Waals surface area contributed by atoms with E-state index in [1.54, 1.807) is 0 Å². The van der Waals surface area contributed by atoms with Crippen LogP contribution < -0.4 is 0 Å². The number of hydrogen-bond acceptors (Lipinski definition) is 4. The van der Waals surface area contributed by atoms with Gasteiger partial charge in [-0.25, -0.2) is 9.97 Å². The van der Waals surface area contributed by atoms with Gasteiger partial charge in [-0.05, 0) is 81.9 Å². The molecule has 12 rings (SSSR count). The Balaban J connectivity index is 1.28. The molecule has 0 spiro atoms. The topological polar surface area (TPSA) is 61.4 Å². The first-order valence-electron chi connectivity index (χ1n) is 22.1. The van der Waals surface area contributed by atoms with Gasteiger partial charge in [-0.15, -0.1) is 0 Å². The highest BCUT2D eigenvalue weighted by Gasteiger charge is 2.29. The first-order valence-corrected chi connectivity index (χ1v) is 22.1. The van der Waals surface area contributed by atoms with Crippen molar-refractivity contribution in [2.75, 3.05) is 0 Å². The zero-order valence-corrected chi connectivity index (χ0v) is 35.8. The summed E-state index contributed by atoms with van der Waals surface area (Å²) in [6.45, 7) is 0. The molecular weight excluding hydrogens is 805 g/mol. The van der Waals surface area contributed by atoms with Crippen molar-refractivity contribution >= 4 is 22.1 Å². The molecule has 4 aromatic heterocycles. The normalized spacial score (nSPS) is 11.3. The van der Waals surface area contributed by atoms with Crippen molar-refractivity contribution in [2.24, 2.45) is 0 Å². The third-order valence-corrected chi connectivity index (χ3v) is 12.4. The van der Waals surface area contributed by atoms with Gasteiger partial charge in [0.2, 0.25) is 0 Å². The van der Waals surface area contributed by atoms with Crippen molar-refractivity contribution in [3.05, 3.63) is 243 Å². The van der Waals surface area contributed by atoms with E-state index in [0.717, 1.165) is 112 Å². The van der Waals surface area contributed by atoms with Crippen LogP contribution in [0.15, 0.2) is 243 Å². The van der Waals surface area contributed by atoms with Crippen LogP contribution in [0.4, 0.5) is 0 Å². The third-order valence-electron chi connectivity index (χ3n) is 12.4. The van der Waals surface area contributed by atoms with E-state index in [0.29, 0.717) is 0 Å². The van der Waals surface area contributed by atoms with Crippen molar-refractivity contribution < 1.29 is 0 Å². The minimum atomic E-state index is 0.769. The summed E-state index contributed by atoms with van der Waals surface area (Å²) < 4.78 is 4.53. The number of imidazole rings is 2. The lowest BCUT2D eigenvalue weighted by Gasteiger charge is -2.23. The van der Waals surface area contributed by atoms with E-state index in [9.17, 15) is 0 Å². The maximum Gasteiger partial charge on any atom is 0.147 e. The van der Waals surface area contributed by atoms with Gasteiger partial charge in [0.1, 0.15) is 11.6 Å². The molecule has 12 aromatic rings. The van der Waals surface area contributed by atoms with Crippen molar-refractivity contribution in [1.29, 1.82) is 0 Å². The molecule has 0 bridgehead atoms. The largest absolute Gasteiger partial charge is 0.292 e. The summed E-state index contributed by atoms with van der Waals surface area (Å²) in [6.07, 6.45) is 8.02. The quantitative estimate of drug-likeness (QED) is 0.145. The molecule has 310 valence electrons. The number of rotatable bonds is 9. The van der Waals surface area contributed by atoms with Crippen LogP contribution in [-0.2, 0) is 0 Å². The fourth-order valence-corrected chi connectivity index (χ4v) is 9.47. The molecule has 0 unspecified atom stereocenters. The van der Waals surface area contributed by atoms with Crippen LogP contribution >= 0.6 is 0 Å². The Morgan fingerprint density at radius 2 is 0.576 bits per heavy atom. The number of pyridine rings is 2. The van der Waals surface area contributed by atoms with Gasteiger partial charge in [0.05, 0.1) is 22.1 Å².